The summed E-state index contributed by atoms with van der Waals surface area (Å²) in [6.07, 6.45) is 6.75. The van der Waals surface area contributed by atoms with Crippen LogP contribution in [0.1, 0.15) is 39.0 Å². The third kappa shape index (κ3) is 4.79. The number of nitrogens with one attached hydrogen (secondary N) is 1. The van der Waals surface area contributed by atoms with Crippen molar-refractivity contribution >= 4 is 5.97 Å². The largest absolute Gasteiger partial charge is 0.463 e. The van der Waals surface area contributed by atoms with Crippen molar-refractivity contribution in [3.8, 4) is 0 Å². The van der Waals surface area contributed by atoms with Crippen molar-refractivity contribution in [2.45, 2.75) is 39.0 Å². The van der Waals surface area contributed by atoms with Gasteiger partial charge in [-0.05, 0) is 25.8 Å². The van der Waals surface area contributed by atoms with E-state index in [0.29, 0.717) is 18.7 Å². The number of hydrogen-bond acceptors (Lipinski definition) is 3. The molecule has 16 heavy (non-hydrogen) atoms. The molecule has 0 heterocycles. The lowest BCUT2D eigenvalue weighted by atomic mass is 10.0. The molecule has 1 rings (SSSR count). The fraction of sp³-hybridized carbons (Fsp3) is 0.769. The summed E-state index contributed by atoms with van der Waals surface area (Å²) in [7, 11) is 0. The molecule has 0 atom stereocenters. The molecule has 0 aliphatic heterocycles. The number of carbonyl (C=O) groups is 1. The standard InChI is InChI=1S/C13H23NO2/c1-3-16-13(15)11(2)10-14-9-8-12-6-4-5-7-12/h12,14H,2-10H2,1H3. The summed E-state index contributed by atoms with van der Waals surface area (Å²) in [6.45, 7) is 7.45. The second-order valence-electron chi connectivity index (χ2n) is 4.44. The van der Waals surface area contributed by atoms with E-state index in [-0.39, 0.29) is 5.97 Å². The van der Waals surface area contributed by atoms with Gasteiger partial charge in [0, 0.05) is 12.1 Å². The maximum absolute atomic E-state index is 11.2. The first kappa shape index (κ1) is 13.2. The first-order valence-electron chi connectivity index (χ1n) is 6.29. The summed E-state index contributed by atoms with van der Waals surface area (Å²) in [5.74, 6) is 0.610. The number of carbonyl (C=O) groups excluding carboxylic acids is 1. The summed E-state index contributed by atoms with van der Waals surface area (Å²) in [5.41, 5.74) is 0.522. The summed E-state index contributed by atoms with van der Waals surface area (Å²) in [6, 6.07) is 0. The van der Waals surface area contributed by atoms with Crippen LogP contribution >= 0.6 is 0 Å². The zero-order valence-corrected chi connectivity index (χ0v) is 10.3. The van der Waals surface area contributed by atoms with Gasteiger partial charge in [0.2, 0.25) is 0 Å². The molecule has 0 unspecified atom stereocenters. The average molecular weight is 225 g/mol. The van der Waals surface area contributed by atoms with E-state index < -0.39 is 0 Å². The first-order chi connectivity index (χ1) is 7.74. The van der Waals surface area contributed by atoms with Crippen LogP contribution in [0.4, 0.5) is 0 Å². The molecule has 1 saturated carbocycles. The Morgan fingerprint density at radius 1 is 1.44 bits per heavy atom. The lowest BCUT2D eigenvalue weighted by Crippen LogP contribution is -2.23. The van der Waals surface area contributed by atoms with Gasteiger partial charge in [0.05, 0.1) is 6.61 Å². The summed E-state index contributed by atoms with van der Waals surface area (Å²) in [5, 5.41) is 3.25. The molecule has 3 heteroatoms. The summed E-state index contributed by atoms with van der Waals surface area (Å²) < 4.78 is 4.86. The fourth-order valence-electron chi connectivity index (χ4n) is 2.15. The van der Waals surface area contributed by atoms with Crippen LogP contribution in [0.2, 0.25) is 0 Å². The Morgan fingerprint density at radius 2 is 2.12 bits per heavy atom. The summed E-state index contributed by atoms with van der Waals surface area (Å²) in [4.78, 5) is 11.2. The molecule has 0 bridgehead atoms. The molecule has 0 saturated heterocycles. The Bertz CT molecular complexity index is 232. The Hall–Kier alpha value is -0.830. The quantitative estimate of drug-likeness (QED) is 0.410. The molecule has 1 N–H and O–H groups in total. The molecule has 1 aliphatic carbocycles. The highest BCUT2D eigenvalue weighted by atomic mass is 16.5. The van der Waals surface area contributed by atoms with Gasteiger partial charge in [-0.25, -0.2) is 4.79 Å². The van der Waals surface area contributed by atoms with Gasteiger partial charge >= 0.3 is 5.97 Å². The third-order valence-corrected chi connectivity index (χ3v) is 3.11. The minimum Gasteiger partial charge on any atom is -0.463 e. The SMILES string of the molecule is C=C(CNCCC1CCCC1)C(=O)OCC. The van der Waals surface area contributed by atoms with Crippen LogP contribution < -0.4 is 5.32 Å². The lowest BCUT2D eigenvalue weighted by molar-refractivity contribution is -0.138. The van der Waals surface area contributed by atoms with Crippen molar-refractivity contribution in [1.82, 2.24) is 5.32 Å². The Balaban J connectivity index is 2.01. The van der Waals surface area contributed by atoms with Crippen LogP contribution in [-0.2, 0) is 9.53 Å². The van der Waals surface area contributed by atoms with E-state index in [1.807, 2.05) is 0 Å². The smallest absolute Gasteiger partial charge is 0.334 e. The van der Waals surface area contributed by atoms with Crippen molar-refractivity contribution in [3.63, 3.8) is 0 Å². The highest BCUT2D eigenvalue weighted by molar-refractivity contribution is 5.88. The minimum atomic E-state index is -0.282. The first-order valence-corrected chi connectivity index (χ1v) is 6.29. The zero-order valence-electron chi connectivity index (χ0n) is 10.3. The maximum Gasteiger partial charge on any atom is 0.334 e. The van der Waals surface area contributed by atoms with Crippen LogP contribution in [0.3, 0.4) is 0 Å². The molecule has 0 spiro atoms. The predicted molar refractivity (Wildman–Crippen MR) is 65.2 cm³/mol. The predicted octanol–water partition coefficient (Wildman–Crippen LogP) is 2.28. The van der Waals surface area contributed by atoms with Crippen molar-refractivity contribution in [2.24, 2.45) is 5.92 Å². The topological polar surface area (TPSA) is 38.3 Å². The normalized spacial score (nSPS) is 16.3. The number of rotatable bonds is 7. The third-order valence-electron chi connectivity index (χ3n) is 3.11. The number of esters is 1. The van der Waals surface area contributed by atoms with E-state index in [2.05, 4.69) is 11.9 Å². The molecule has 0 aromatic rings. The van der Waals surface area contributed by atoms with Gasteiger partial charge in [0.1, 0.15) is 0 Å². The molecule has 92 valence electrons. The monoisotopic (exact) mass is 225 g/mol. The van der Waals surface area contributed by atoms with Crippen LogP contribution in [0.15, 0.2) is 12.2 Å². The average Bonchev–Trinajstić information content (AvgIpc) is 2.77. The molecule has 0 aromatic carbocycles. The zero-order chi connectivity index (χ0) is 11.8. The van der Waals surface area contributed by atoms with Gasteiger partial charge in [-0.15, -0.1) is 0 Å². The minimum absolute atomic E-state index is 0.282. The second kappa shape index (κ2) is 7.44. The molecular formula is C13H23NO2. The highest BCUT2D eigenvalue weighted by Gasteiger charge is 2.14. The van der Waals surface area contributed by atoms with Gasteiger partial charge in [0.15, 0.2) is 0 Å². The fourth-order valence-corrected chi connectivity index (χ4v) is 2.15. The van der Waals surface area contributed by atoms with Gasteiger partial charge in [-0.2, -0.15) is 0 Å². The maximum atomic E-state index is 11.2. The number of ether oxygens (including phenoxy) is 1. The van der Waals surface area contributed by atoms with Crippen LogP contribution in [0.5, 0.6) is 0 Å². The lowest BCUT2D eigenvalue weighted by Gasteiger charge is -2.10. The van der Waals surface area contributed by atoms with E-state index in [1.165, 1.54) is 32.1 Å². The van der Waals surface area contributed by atoms with Gasteiger partial charge in [-0.1, -0.05) is 32.3 Å². The molecule has 3 nitrogen and oxygen atoms in total. The van der Waals surface area contributed by atoms with E-state index >= 15 is 0 Å². The van der Waals surface area contributed by atoms with Gasteiger partial charge in [-0.3, -0.25) is 0 Å². The molecule has 1 aliphatic rings. The second-order valence-corrected chi connectivity index (χ2v) is 4.44. The van der Waals surface area contributed by atoms with E-state index in [1.54, 1.807) is 6.92 Å². The number of hydrogen-bond donors (Lipinski definition) is 1. The molecule has 0 radical (unpaired) electrons. The van der Waals surface area contributed by atoms with Crippen LogP contribution in [-0.4, -0.2) is 25.7 Å². The van der Waals surface area contributed by atoms with Crippen molar-refractivity contribution in [1.29, 1.82) is 0 Å². The molecule has 0 amide bonds. The highest BCUT2D eigenvalue weighted by Crippen LogP contribution is 2.26. The van der Waals surface area contributed by atoms with Gasteiger partial charge < -0.3 is 10.1 Å². The van der Waals surface area contributed by atoms with Crippen LogP contribution in [0, 0.1) is 5.92 Å². The Labute approximate surface area is 98.2 Å². The molecule has 0 aromatic heterocycles. The van der Waals surface area contributed by atoms with Crippen molar-refractivity contribution in [2.75, 3.05) is 19.7 Å². The van der Waals surface area contributed by atoms with E-state index in [4.69, 9.17) is 4.74 Å². The van der Waals surface area contributed by atoms with Crippen molar-refractivity contribution in [3.05, 3.63) is 12.2 Å². The van der Waals surface area contributed by atoms with E-state index in [9.17, 15) is 4.79 Å². The Morgan fingerprint density at radius 3 is 2.75 bits per heavy atom. The van der Waals surface area contributed by atoms with Gasteiger partial charge in [0.25, 0.3) is 0 Å². The van der Waals surface area contributed by atoms with E-state index in [0.717, 1.165) is 12.5 Å². The molecule has 1 fully saturated rings. The Kier molecular flexibility index (Phi) is 6.16. The van der Waals surface area contributed by atoms with Crippen molar-refractivity contribution < 1.29 is 9.53 Å². The molecular weight excluding hydrogens is 202 g/mol. The summed E-state index contributed by atoms with van der Waals surface area (Å²) >= 11 is 0. The van der Waals surface area contributed by atoms with Crippen LogP contribution in [0.25, 0.3) is 0 Å².